The summed E-state index contributed by atoms with van der Waals surface area (Å²) in [5.41, 5.74) is 0.602. The lowest BCUT2D eigenvalue weighted by Crippen LogP contribution is -2.18. The summed E-state index contributed by atoms with van der Waals surface area (Å²) >= 11 is 11.9. The minimum atomic E-state index is -1.06. The van der Waals surface area contributed by atoms with Crippen molar-refractivity contribution < 1.29 is 19.9 Å². The molecule has 0 unspecified atom stereocenters. The van der Waals surface area contributed by atoms with Gasteiger partial charge < -0.3 is 14.9 Å². The van der Waals surface area contributed by atoms with Gasteiger partial charge in [-0.05, 0) is 12.0 Å². The summed E-state index contributed by atoms with van der Waals surface area (Å²) in [5.74, 6) is -1.65. The summed E-state index contributed by atoms with van der Waals surface area (Å²) < 4.78 is 2.37. The molecule has 2 aromatic heterocycles. The van der Waals surface area contributed by atoms with Gasteiger partial charge in [-0.2, -0.15) is 4.73 Å². The molecule has 1 aromatic carbocycles. The molecule has 28 heavy (non-hydrogen) atoms. The number of aromatic hydroxyl groups is 1. The van der Waals surface area contributed by atoms with Gasteiger partial charge in [-0.15, -0.1) is 0 Å². The summed E-state index contributed by atoms with van der Waals surface area (Å²) in [6.45, 7) is 4.56. The highest BCUT2D eigenvalue weighted by Crippen LogP contribution is 2.30. The van der Waals surface area contributed by atoms with Crippen molar-refractivity contribution >= 4 is 45.8 Å². The number of hydrogen-bond acceptors (Lipinski definition) is 4. The number of phenols is 1. The predicted octanol–water partition coefficient (Wildman–Crippen LogP) is 3.66. The van der Waals surface area contributed by atoms with E-state index in [1.807, 2.05) is 13.8 Å². The summed E-state index contributed by atoms with van der Waals surface area (Å²) in [7, 11) is 0. The van der Waals surface area contributed by atoms with Crippen molar-refractivity contribution in [2.45, 2.75) is 20.4 Å². The zero-order valence-electron chi connectivity index (χ0n) is 15.1. The summed E-state index contributed by atoms with van der Waals surface area (Å²) in [6, 6.07) is 4.78. The Morgan fingerprint density at radius 2 is 1.79 bits per heavy atom. The number of rotatable bonds is 4. The molecule has 0 radical (unpaired) electrons. The quantitative estimate of drug-likeness (QED) is 0.381. The third-order valence-corrected chi connectivity index (χ3v) is 4.59. The fraction of sp³-hybridized carbons (Fsp3) is 0.211. The van der Waals surface area contributed by atoms with E-state index in [4.69, 9.17) is 23.2 Å². The minimum Gasteiger partial charge on any atom is -0.506 e. The first-order valence-electron chi connectivity index (χ1n) is 8.39. The molecule has 0 aliphatic heterocycles. The molecule has 0 spiro atoms. The van der Waals surface area contributed by atoms with Gasteiger partial charge >= 0.3 is 5.91 Å². The SMILES string of the molecule is CC(C)Cn1cc(C(=O)C(=O)N=c2c(Cl)cn(O)cc2Cl)c2cccc(O)c21. The van der Waals surface area contributed by atoms with Crippen LogP contribution in [0.5, 0.6) is 5.75 Å². The molecule has 0 fully saturated rings. The fourth-order valence-corrected chi connectivity index (χ4v) is 3.48. The van der Waals surface area contributed by atoms with Crippen LogP contribution < -0.4 is 5.36 Å². The highest BCUT2D eigenvalue weighted by atomic mass is 35.5. The molecule has 7 nitrogen and oxygen atoms in total. The number of para-hydroxylation sites is 1. The van der Waals surface area contributed by atoms with Crippen LogP contribution in [0.2, 0.25) is 10.0 Å². The van der Waals surface area contributed by atoms with E-state index in [1.54, 1.807) is 16.7 Å². The van der Waals surface area contributed by atoms with Crippen molar-refractivity contribution in [1.29, 1.82) is 0 Å². The lowest BCUT2D eigenvalue weighted by Gasteiger charge is -2.08. The van der Waals surface area contributed by atoms with E-state index in [9.17, 15) is 19.9 Å². The van der Waals surface area contributed by atoms with E-state index in [2.05, 4.69) is 4.99 Å². The van der Waals surface area contributed by atoms with Crippen molar-refractivity contribution in [3.63, 3.8) is 0 Å². The van der Waals surface area contributed by atoms with Gasteiger partial charge in [-0.1, -0.05) is 49.2 Å². The molecule has 2 heterocycles. The van der Waals surface area contributed by atoms with Gasteiger partial charge in [-0.3, -0.25) is 9.59 Å². The summed E-state index contributed by atoms with van der Waals surface area (Å²) in [5, 5.41) is 19.8. The van der Waals surface area contributed by atoms with Crippen molar-refractivity contribution in [2.75, 3.05) is 0 Å². The molecular weight excluding hydrogens is 405 g/mol. The van der Waals surface area contributed by atoms with Crippen molar-refractivity contribution in [2.24, 2.45) is 10.9 Å². The largest absolute Gasteiger partial charge is 0.506 e. The second kappa shape index (κ2) is 7.69. The zero-order chi connectivity index (χ0) is 20.6. The zero-order valence-corrected chi connectivity index (χ0v) is 16.6. The highest BCUT2D eigenvalue weighted by Gasteiger charge is 2.23. The third-order valence-electron chi connectivity index (χ3n) is 4.03. The average molecular weight is 422 g/mol. The van der Waals surface area contributed by atoms with E-state index < -0.39 is 11.7 Å². The first-order valence-corrected chi connectivity index (χ1v) is 9.15. The molecule has 0 aliphatic carbocycles. The maximum atomic E-state index is 12.8. The van der Waals surface area contributed by atoms with E-state index in [0.717, 1.165) is 12.4 Å². The molecule has 0 saturated carbocycles. The van der Waals surface area contributed by atoms with Gasteiger partial charge in [0.05, 0.1) is 33.5 Å². The number of fused-ring (bicyclic) bond motifs is 1. The van der Waals surface area contributed by atoms with Crippen LogP contribution in [-0.4, -0.2) is 31.3 Å². The van der Waals surface area contributed by atoms with Crippen LogP contribution in [0.25, 0.3) is 10.9 Å². The second-order valence-corrected chi connectivity index (χ2v) is 7.51. The number of pyridine rings is 1. The van der Waals surface area contributed by atoms with E-state index in [0.29, 0.717) is 22.2 Å². The number of Topliss-reactive ketones (excluding diaryl/α,β-unsaturated/α-hetero) is 1. The summed E-state index contributed by atoms with van der Waals surface area (Å²) in [6.07, 6.45) is 3.73. The smallest absolute Gasteiger partial charge is 0.318 e. The van der Waals surface area contributed by atoms with E-state index in [1.165, 1.54) is 12.3 Å². The topological polar surface area (TPSA) is 96.8 Å². The average Bonchev–Trinajstić information content (AvgIpc) is 2.96. The molecule has 0 saturated heterocycles. The third kappa shape index (κ3) is 3.76. The number of benzene rings is 1. The number of ketones is 1. The molecule has 0 atom stereocenters. The molecule has 1 amide bonds. The molecule has 146 valence electrons. The predicted molar refractivity (Wildman–Crippen MR) is 105 cm³/mol. The highest BCUT2D eigenvalue weighted by molar-refractivity contribution is 6.45. The van der Waals surface area contributed by atoms with Crippen molar-refractivity contribution in [3.05, 3.63) is 57.8 Å². The van der Waals surface area contributed by atoms with Crippen LogP contribution in [0.3, 0.4) is 0 Å². The van der Waals surface area contributed by atoms with E-state index >= 15 is 0 Å². The molecule has 0 aliphatic rings. The van der Waals surface area contributed by atoms with Gasteiger partial charge in [0, 0.05) is 18.1 Å². The lowest BCUT2D eigenvalue weighted by atomic mass is 10.1. The first-order chi connectivity index (χ1) is 13.2. The van der Waals surface area contributed by atoms with Gasteiger partial charge in [0.15, 0.2) is 0 Å². The molecule has 9 heteroatoms. The Hall–Kier alpha value is -2.77. The van der Waals surface area contributed by atoms with Crippen LogP contribution in [0.4, 0.5) is 0 Å². The molecule has 0 bridgehead atoms. The Labute approximate surface area is 170 Å². The Kier molecular flexibility index (Phi) is 5.49. The standard InChI is InChI=1S/C19H17Cl2N3O4/c1-10(2)6-23-7-12(11-4-3-5-15(25)17(11)23)18(26)19(27)22-16-13(20)8-24(28)9-14(16)21/h3-5,7-10,25,28H,6H2,1-2H3. The van der Waals surface area contributed by atoms with Crippen LogP contribution >= 0.6 is 23.2 Å². The Morgan fingerprint density at radius 1 is 1.14 bits per heavy atom. The minimum absolute atomic E-state index is 0.0169. The van der Waals surface area contributed by atoms with E-state index in [-0.39, 0.29) is 32.6 Å². The lowest BCUT2D eigenvalue weighted by molar-refractivity contribution is -0.114. The second-order valence-electron chi connectivity index (χ2n) is 6.69. The molecule has 2 N–H and O–H groups in total. The van der Waals surface area contributed by atoms with Crippen LogP contribution in [0.1, 0.15) is 24.2 Å². The monoisotopic (exact) mass is 421 g/mol. The molecule has 3 aromatic rings. The normalized spacial score (nSPS) is 11.2. The number of amides is 1. The van der Waals surface area contributed by atoms with Crippen molar-refractivity contribution in [1.82, 2.24) is 9.30 Å². The number of nitrogens with zero attached hydrogens (tertiary/aromatic N) is 3. The van der Waals surface area contributed by atoms with Crippen LogP contribution in [0.15, 0.2) is 41.8 Å². The van der Waals surface area contributed by atoms with Gasteiger partial charge in [-0.25, -0.2) is 4.99 Å². The Balaban J connectivity index is 2.11. The molecule has 3 rings (SSSR count). The Morgan fingerprint density at radius 3 is 2.39 bits per heavy atom. The van der Waals surface area contributed by atoms with Crippen LogP contribution in [0, 0.1) is 5.92 Å². The number of phenolic OH excluding ortho intramolecular Hbond substituents is 1. The van der Waals surface area contributed by atoms with Crippen molar-refractivity contribution in [3.8, 4) is 5.75 Å². The maximum absolute atomic E-state index is 12.8. The van der Waals surface area contributed by atoms with Gasteiger partial charge in [0.25, 0.3) is 5.78 Å². The number of carbonyl (C=O) groups excluding carboxylic acids is 2. The number of halogens is 2. The van der Waals surface area contributed by atoms with Crippen LogP contribution in [-0.2, 0) is 11.3 Å². The van der Waals surface area contributed by atoms with Gasteiger partial charge in [0.1, 0.15) is 11.1 Å². The number of hydrogen-bond donors (Lipinski definition) is 2. The number of aromatic nitrogens is 2. The summed E-state index contributed by atoms with van der Waals surface area (Å²) in [4.78, 5) is 29.0. The first kappa shape index (κ1) is 20.0. The van der Waals surface area contributed by atoms with Gasteiger partial charge in [0.2, 0.25) is 0 Å². The molecular formula is C19H17Cl2N3O4. The fourth-order valence-electron chi connectivity index (χ4n) is 2.94. The maximum Gasteiger partial charge on any atom is 0.318 e. The number of carbonyl (C=O) groups is 2. The Bertz CT molecular complexity index is 1140.